The van der Waals surface area contributed by atoms with Crippen molar-refractivity contribution in [2.75, 3.05) is 0 Å². The predicted octanol–water partition coefficient (Wildman–Crippen LogP) is 4.01. The second-order valence-corrected chi connectivity index (χ2v) is 5.14. The standard InChI is InChI=1S/C15H24O/c1-10(2)13-7-6-12(5)14(13)8-9-15(16)11(3)4/h13,15-16H,1,3,6-9H2,2,4-5H3. The van der Waals surface area contributed by atoms with Crippen LogP contribution >= 0.6 is 0 Å². The summed E-state index contributed by atoms with van der Waals surface area (Å²) in [7, 11) is 0. The van der Waals surface area contributed by atoms with Crippen molar-refractivity contribution in [3.8, 4) is 0 Å². The minimum Gasteiger partial charge on any atom is -0.389 e. The van der Waals surface area contributed by atoms with Crippen LogP contribution in [-0.2, 0) is 0 Å². The Labute approximate surface area is 99.6 Å². The molecular formula is C15H24O. The van der Waals surface area contributed by atoms with Gasteiger partial charge in [0.2, 0.25) is 0 Å². The molecule has 0 aromatic rings. The molecule has 0 fully saturated rings. The topological polar surface area (TPSA) is 20.2 Å². The molecule has 1 aliphatic rings. The summed E-state index contributed by atoms with van der Waals surface area (Å²) in [4.78, 5) is 0. The van der Waals surface area contributed by atoms with E-state index in [1.807, 2.05) is 6.92 Å². The molecule has 0 aliphatic heterocycles. The van der Waals surface area contributed by atoms with Gasteiger partial charge in [-0.1, -0.05) is 35.5 Å². The van der Waals surface area contributed by atoms with Crippen LogP contribution in [0.5, 0.6) is 0 Å². The highest BCUT2D eigenvalue weighted by Gasteiger charge is 2.23. The molecule has 0 saturated heterocycles. The van der Waals surface area contributed by atoms with Crippen molar-refractivity contribution in [3.63, 3.8) is 0 Å². The summed E-state index contributed by atoms with van der Waals surface area (Å²) in [6.45, 7) is 14.1. The molecular weight excluding hydrogens is 196 g/mol. The lowest BCUT2D eigenvalue weighted by Gasteiger charge is -2.17. The first-order chi connectivity index (χ1) is 7.43. The van der Waals surface area contributed by atoms with E-state index in [1.165, 1.54) is 29.6 Å². The zero-order chi connectivity index (χ0) is 12.3. The highest BCUT2D eigenvalue weighted by atomic mass is 16.3. The van der Waals surface area contributed by atoms with E-state index in [2.05, 4.69) is 27.0 Å². The highest BCUT2D eigenvalue weighted by Crippen LogP contribution is 2.38. The van der Waals surface area contributed by atoms with Gasteiger partial charge in [-0.25, -0.2) is 0 Å². The fraction of sp³-hybridized carbons (Fsp3) is 0.600. The van der Waals surface area contributed by atoms with Gasteiger partial charge < -0.3 is 5.11 Å². The van der Waals surface area contributed by atoms with E-state index in [9.17, 15) is 5.11 Å². The molecule has 1 nitrogen and oxygen atoms in total. The largest absolute Gasteiger partial charge is 0.389 e. The quantitative estimate of drug-likeness (QED) is 0.694. The van der Waals surface area contributed by atoms with E-state index in [4.69, 9.17) is 0 Å². The van der Waals surface area contributed by atoms with Gasteiger partial charge in [-0.3, -0.25) is 0 Å². The van der Waals surface area contributed by atoms with Crippen LogP contribution in [0, 0.1) is 5.92 Å². The first-order valence-electron chi connectivity index (χ1n) is 6.10. The number of aliphatic hydroxyl groups excluding tert-OH is 1. The lowest BCUT2D eigenvalue weighted by atomic mass is 9.89. The van der Waals surface area contributed by atoms with Crippen molar-refractivity contribution in [2.45, 2.75) is 52.6 Å². The molecule has 0 saturated carbocycles. The summed E-state index contributed by atoms with van der Waals surface area (Å²) in [5, 5.41) is 9.75. The van der Waals surface area contributed by atoms with Crippen molar-refractivity contribution >= 4 is 0 Å². The fourth-order valence-corrected chi connectivity index (χ4v) is 2.46. The van der Waals surface area contributed by atoms with E-state index in [0.717, 1.165) is 18.4 Å². The fourth-order valence-electron chi connectivity index (χ4n) is 2.46. The maximum atomic E-state index is 9.75. The third-order valence-electron chi connectivity index (χ3n) is 3.63. The summed E-state index contributed by atoms with van der Waals surface area (Å²) in [5.74, 6) is 0.553. The van der Waals surface area contributed by atoms with Crippen LogP contribution in [-0.4, -0.2) is 11.2 Å². The molecule has 0 spiro atoms. The molecule has 0 aromatic carbocycles. The third-order valence-corrected chi connectivity index (χ3v) is 3.63. The van der Waals surface area contributed by atoms with Crippen molar-refractivity contribution in [1.82, 2.24) is 0 Å². The van der Waals surface area contributed by atoms with E-state index < -0.39 is 0 Å². The molecule has 1 rings (SSSR count). The van der Waals surface area contributed by atoms with Crippen molar-refractivity contribution in [2.24, 2.45) is 5.92 Å². The third kappa shape index (κ3) is 3.08. The molecule has 90 valence electrons. The minimum absolute atomic E-state index is 0.355. The number of rotatable bonds is 5. The van der Waals surface area contributed by atoms with Crippen LogP contribution in [0.4, 0.5) is 0 Å². The molecule has 2 unspecified atom stereocenters. The highest BCUT2D eigenvalue weighted by molar-refractivity contribution is 5.28. The molecule has 2 atom stereocenters. The van der Waals surface area contributed by atoms with E-state index in [1.54, 1.807) is 0 Å². The second-order valence-electron chi connectivity index (χ2n) is 5.14. The number of allylic oxidation sites excluding steroid dienone is 3. The van der Waals surface area contributed by atoms with Crippen LogP contribution in [0.15, 0.2) is 35.5 Å². The Balaban J connectivity index is 2.61. The van der Waals surface area contributed by atoms with E-state index in [0.29, 0.717) is 5.92 Å². The Hall–Kier alpha value is -0.820. The molecule has 0 amide bonds. The molecule has 0 aromatic heterocycles. The summed E-state index contributed by atoms with van der Waals surface area (Å²) < 4.78 is 0. The zero-order valence-electron chi connectivity index (χ0n) is 10.8. The summed E-state index contributed by atoms with van der Waals surface area (Å²) in [6, 6.07) is 0. The van der Waals surface area contributed by atoms with E-state index in [-0.39, 0.29) is 6.10 Å². The lowest BCUT2D eigenvalue weighted by molar-refractivity contribution is 0.200. The molecule has 0 heterocycles. The zero-order valence-corrected chi connectivity index (χ0v) is 10.8. The van der Waals surface area contributed by atoms with Gasteiger partial charge in [0.15, 0.2) is 0 Å². The average Bonchev–Trinajstić information content (AvgIpc) is 2.56. The van der Waals surface area contributed by atoms with Crippen molar-refractivity contribution in [3.05, 3.63) is 35.5 Å². The van der Waals surface area contributed by atoms with Gasteiger partial charge in [0, 0.05) is 5.92 Å². The van der Waals surface area contributed by atoms with Crippen molar-refractivity contribution < 1.29 is 5.11 Å². The van der Waals surface area contributed by atoms with Gasteiger partial charge in [0.1, 0.15) is 0 Å². The average molecular weight is 220 g/mol. The van der Waals surface area contributed by atoms with Crippen LogP contribution in [0.2, 0.25) is 0 Å². The summed E-state index contributed by atoms with van der Waals surface area (Å²) in [6.07, 6.45) is 3.82. The van der Waals surface area contributed by atoms with Gasteiger partial charge in [0.05, 0.1) is 6.10 Å². The smallest absolute Gasteiger partial charge is 0.0747 e. The number of hydrogen-bond donors (Lipinski definition) is 1. The Morgan fingerprint density at radius 2 is 2.06 bits per heavy atom. The van der Waals surface area contributed by atoms with Gasteiger partial charge in [-0.05, 0) is 46.5 Å². The lowest BCUT2D eigenvalue weighted by Crippen LogP contribution is -2.09. The number of aliphatic hydroxyl groups is 1. The number of hydrogen-bond acceptors (Lipinski definition) is 1. The molecule has 0 bridgehead atoms. The summed E-state index contributed by atoms with van der Waals surface area (Å²) >= 11 is 0. The second kappa shape index (κ2) is 5.49. The van der Waals surface area contributed by atoms with Crippen LogP contribution in [0.25, 0.3) is 0 Å². The van der Waals surface area contributed by atoms with Crippen LogP contribution < -0.4 is 0 Å². The van der Waals surface area contributed by atoms with E-state index >= 15 is 0 Å². The molecule has 1 N–H and O–H groups in total. The Bertz CT molecular complexity index is 322. The molecule has 1 aliphatic carbocycles. The molecule has 1 heteroatoms. The molecule has 16 heavy (non-hydrogen) atoms. The monoisotopic (exact) mass is 220 g/mol. The SMILES string of the molecule is C=C(C)C(O)CCC1=C(C)CCC1C(=C)C. The van der Waals surface area contributed by atoms with Crippen molar-refractivity contribution in [1.29, 1.82) is 0 Å². The summed E-state index contributed by atoms with van der Waals surface area (Å²) in [5.41, 5.74) is 5.13. The molecule has 0 radical (unpaired) electrons. The van der Waals surface area contributed by atoms with Gasteiger partial charge >= 0.3 is 0 Å². The maximum Gasteiger partial charge on any atom is 0.0747 e. The van der Waals surface area contributed by atoms with Gasteiger partial charge in [-0.2, -0.15) is 0 Å². The first kappa shape index (κ1) is 13.2. The maximum absolute atomic E-state index is 9.75. The van der Waals surface area contributed by atoms with Gasteiger partial charge in [0.25, 0.3) is 0 Å². The first-order valence-corrected chi connectivity index (χ1v) is 6.10. The Morgan fingerprint density at radius 3 is 2.56 bits per heavy atom. The predicted molar refractivity (Wildman–Crippen MR) is 70.3 cm³/mol. The van der Waals surface area contributed by atoms with Crippen LogP contribution in [0.1, 0.15) is 46.5 Å². The van der Waals surface area contributed by atoms with Crippen LogP contribution in [0.3, 0.4) is 0 Å². The Kier molecular flexibility index (Phi) is 4.55. The van der Waals surface area contributed by atoms with Gasteiger partial charge in [-0.15, -0.1) is 0 Å². The minimum atomic E-state index is -0.355. The Morgan fingerprint density at radius 1 is 1.44 bits per heavy atom. The normalized spacial score (nSPS) is 22.4.